The van der Waals surface area contributed by atoms with Gasteiger partial charge in [-0.05, 0) is 0 Å². The highest BCUT2D eigenvalue weighted by atomic mass is 19.1. The van der Waals surface area contributed by atoms with Crippen LogP contribution in [0.1, 0.15) is 5.56 Å². The minimum absolute atomic E-state index is 0.376. The maximum atomic E-state index is 12.7. The average molecular weight is 177 g/mol. The molecule has 0 aromatic heterocycles. The van der Waals surface area contributed by atoms with E-state index in [1.54, 1.807) is 0 Å². The first kappa shape index (κ1) is 9.02. The maximum Gasteiger partial charge on any atom is 0.134 e. The van der Waals surface area contributed by atoms with Crippen LogP contribution in [-0.4, -0.2) is 0 Å². The van der Waals surface area contributed by atoms with Crippen LogP contribution < -0.4 is 5.90 Å². The molecule has 5 heteroatoms. The molecule has 2 N–H and O–H groups in total. The summed E-state index contributed by atoms with van der Waals surface area (Å²) < 4.78 is 37.7. The van der Waals surface area contributed by atoms with Gasteiger partial charge in [-0.3, -0.25) is 4.84 Å². The van der Waals surface area contributed by atoms with E-state index in [-0.39, 0.29) is 5.56 Å². The SMILES string of the molecule is NOCc1c(F)cc(F)cc1F. The highest BCUT2D eigenvalue weighted by molar-refractivity contribution is 5.19. The number of hydrogen-bond donors (Lipinski definition) is 1. The molecule has 0 heterocycles. The fraction of sp³-hybridized carbons (Fsp3) is 0.143. The molecule has 12 heavy (non-hydrogen) atoms. The Morgan fingerprint density at radius 2 is 1.67 bits per heavy atom. The van der Waals surface area contributed by atoms with Crippen molar-refractivity contribution >= 4 is 0 Å². The Kier molecular flexibility index (Phi) is 2.67. The van der Waals surface area contributed by atoms with Gasteiger partial charge in [0.15, 0.2) is 0 Å². The third-order valence-corrected chi connectivity index (χ3v) is 1.33. The molecule has 66 valence electrons. The summed E-state index contributed by atoms with van der Waals surface area (Å²) in [5, 5.41) is 0. The number of hydrogen-bond acceptors (Lipinski definition) is 2. The molecule has 0 aliphatic rings. The Morgan fingerprint density at radius 1 is 1.17 bits per heavy atom. The van der Waals surface area contributed by atoms with Crippen LogP contribution >= 0.6 is 0 Å². The molecule has 0 bridgehead atoms. The molecule has 1 aromatic carbocycles. The summed E-state index contributed by atoms with van der Waals surface area (Å²) in [6.45, 7) is -0.419. The van der Waals surface area contributed by atoms with Crippen LogP contribution in [0.25, 0.3) is 0 Å². The van der Waals surface area contributed by atoms with E-state index in [9.17, 15) is 13.2 Å². The van der Waals surface area contributed by atoms with Crippen LogP contribution in [0.2, 0.25) is 0 Å². The van der Waals surface area contributed by atoms with Crippen molar-refractivity contribution in [2.75, 3.05) is 0 Å². The summed E-state index contributed by atoms with van der Waals surface area (Å²) in [7, 11) is 0. The lowest BCUT2D eigenvalue weighted by Crippen LogP contribution is -2.04. The molecule has 0 unspecified atom stereocenters. The van der Waals surface area contributed by atoms with Gasteiger partial charge < -0.3 is 0 Å². The van der Waals surface area contributed by atoms with Gasteiger partial charge in [0.2, 0.25) is 0 Å². The average Bonchev–Trinajstić information content (AvgIpc) is 1.96. The first-order valence-electron chi connectivity index (χ1n) is 3.10. The second-order valence-electron chi connectivity index (χ2n) is 2.16. The van der Waals surface area contributed by atoms with Crippen molar-refractivity contribution in [3.8, 4) is 0 Å². The Morgan fingerprint density at radius 3 is 2.08 bits per heavy atom. The number of rotatable bonds is 2. The Balaban J connectivity index is 3.10. The van der Waals surface area contributed by atoms with E-state index in [4.69, 9.17) is 0 Å². The topological polar surface area (TPSA) is 35.2 Å². The lowest BCUT2D eigenvalue weighted by Gasteiger charge is -2.02. The van der Waals surface area contributed by atoms with E-state index in [2.05, 4.69) is 10.7 Å². The molecule has 2 nitrogen and oxygen atoms in total. The van der Waals surface area contributed by atoms with Crippen molar-refractivity contribution in [2.45, 2.75) is 6.61 Å². The Hall–Kier alpha value is -1.07. The smallest absolute Gasteiger partial charge is 0.134 e. The molecule has 0 fully saturated rings. The van der Waals surface area contributed by atoms with Gasteiger partial charge in [-0.25, -0.2) is 19.1 Å². The summed E-state index contributed by atoms with van der Waals surface area (Å²) in [5.74, 6) is 1.64. The van der Waals surface area contributed by atoms with Gasteiger partial charge in [-0.2, -0.15) is 0 Å². The van der Waals surface area contributed by atoms with Gasteiger partial charge in [0.05, 0.1) is 12.2 Å². The van der Waals surface area contributed by atoms with Crippen molar-refractivity contribution in [1.29, 1.82) is 0 Å². The summed E-state index contributed by atoms with van der Waals surface area (Å²) in [6.07, 6.45) is 0. The van der Waals surface area contributed by atoms with Gasteiger partial charge in [-0.15, -0.1) is 0 Å². The molecule has 1 aromatic rings. The number of benzene rings is 1. The third-order valence-electron chi connectivity index (χ3n) is 1.33. The summed E-state index contributed by atoms with van der Waals surface area (Å²) in [4.78, 5) is 4.03. The van der Waals surface area contributed by atoms with Crippen molar-refractivity contribution in [3.63, 3.8) is 0 Å². The fourth-order valence-electron chi connectivity index (χ4n) is 0.793. The summed E-state index contributed by atoms with van der Waals surface area (Å²) in [5.41, 5.74) is -0.376. The Labute approximate surface area is 66.7 Å². The minimum Gasteiger partial charge on any atom is -0.300 e. The highest BCUT2D eigenvalue weighted by Gasteiger charge is 2.10. The van der Waals surface area contributed by atoms with Crippen molar-refractivity contribution in [1.82, 2.24) is 0 Å². The van der Waals surface area contributed by atoms with E-state index in [1.807, 2.05) is 0 Å². The minimum atomic E-state index is -1.00. The maximum absolute atomic E-state index is 12.7. The van der Waals surface area contributed by atoms with Crippen molar-refractivity contribution in [2.24, 2.45) is 5.90 Å². The fourth-order valence-corrected chi connectivity index (χ4v) is 0.793. The van der Waals surface area contributed by atoms with Gasteiger partial charge in [0.25, 0.3) is 0 Å². The van der Waals surface area contributed by atoms with E-state index in [0.29, 0.717) is 12.1 Å². The normalized spacial score (nSPS) is 10.3. The molecule has 0 aliphatic carbocycles. The van der Waals surface area contributed by atoms with E-state index >= 15 is 0 Å². The Bertz CT molecular complexity index is 267. The first-order chi connectivity index (χ1) is 5.65. The number of halogens is 3. The van der Waals surface area contributed by atoms with Crippen LogP contribution in [0.5, 0.6) is 0 Å². The second kappa shape index (κ2) is 3.55. The van der Waals surface area contributed by atoms with Gasteiger partial charge >= 0.3 is 0 Å². The number of nitrogens with two attached hydrogens (primary N) is 1. The first-order valence-corrected chi connectivity index (χ1v) is 3.10. The van der Waals surface area contributed by atoms with Gasteiger partial charge in [0, 0.05) is 12.1 Å². The zero-order chi connectivity index (χ0) is 9.14. The zero-order valence-electron chi connectivity index (χ0n) is 5.98. The van der Waals surface area contributed by atoms with Gasteiger partial charge in [-0.1, -0.05) is 0 Å². The predicted octanol–water partition coefficient (Wildman–Crippen LogP) is 1.49. The molecule has 0 amide bonds. The zero-order valence-corrected chi connectivity index (χ0v) is 5.98. The molecular weight excluding hydrogens is 171 g/mol. The molecule has 0 aliphatic heterocycles. The van der Waals surface area contributed by atoms with Crippen LogP contribution in [0.4, 0.5) is 13.2 Å². The molecule has 0 radical (unpaired) electrons. The van der Waals surface area contributed by atoms with E-state index in [1.165, 1.54) is 0 Å². The largest absolute Gasteiger partial charge is 0.300 e. The lowest BCUT2D eigenvalue weighted by atomic mass is 10.2. The highest BCUT2D eigenvalue weighted by Crippen LogP contribution is 2.14. The molecular formula is C7H6F3NO. The third kappa shape index (κ3) is 1.75. The lowest BCUT2D eigenvalue weighted by molar-refractivity contribution is 0.118. The molecule has 0 saturated carbocycles. The monoisotopic (exact) mass is 177 g/mol. The van der Waals surface area contributed by atoms with Crippen LogP contribution in [-0.2, 0) is 11.4 Å². The predicted molar refractivity (Wildman–Crippen MR) is 35.3 cm³/mol. The van der Waals surface area contributed by atoms with Crippen molar-refractivity contribution < 1.29 is 18.0 Å². The van der Waals surface area contributed by atoms with Crippen molar-refractivity contribution in [3.05, 3.63) is 35.1 Å². The molecule has 0 spiro atoms. The molecule has 0 saturated heterocycles. The quantitative estimate of drug-likeness (QED) is 0.694. The van der Waals surface area contributed by atoms with Crippen LogP contribution in [0, 0.1) is 17.5 Å². The van der Waals surface area contributed by atoms with E-state index < -0.39 is 24.1 Å². The molecule has 1 rings (SSSR count). The van der Waals surface area contributed by atoms with Gasteiger partial charge in [0.1, 0.15) is 17.5 Å². The second-order valence-corrected chi connectivity index (χ2v) is 2.16. The summed E-state index contributed by atoms with van der Waals surface area (Å²) >= 11 is 0. The van der Waals surface area contributed by atoms with Crippen LogP contribution in [0.3, 0.4) is 0 Å². The van der Waals surface area contributed by atoms with Crippen LogP contribution in [0.15, 0.2) is 12.1 Å². The molecule has 0 atom stereocenters. The summed E-state index contributed by atoms with van der Waals surface area (Å²) in [6, 6.07) is 1.13. The van der Waals surface area contributed by atoms with E-state index in [0.717, 1.165) is 0 Å². The standard InChI is InChI=1S/C7H6F3NO/c8-4-1-6(9)5(3-12-11)7(10)2-4/h1-2H,3,11H2.